The molecule has 9 nitrogen and oxygen atoms in total. The van der Waals surface area contributed by atoms with Gasteiger partial charge in [-0.05, 0) is 74.6 Å². The van der Waals surface area contributed by atoms with Crippen molar-refractivity contribution in [3.05, 3.63) is 69.2 Å². The largest absolute Gasteiger partial charge is 0.548 e. The van der Waals surface area contributed by atoms with Crippen LogP contribution in [0.25, 0.3) is 21.9 Å². The zero-order chi connectivity index (χ0) is 25.6. The van der Waals surface area contributed by atoms with E-state index in [0.717, 1.165) is 34.9 Å². The number of H-pyrrole nitrogens is 1. The summed E-state index contributed by atoms with van der Waals surface area (Å²) in [4.78, 5) is 40.0. The Morgan fingerprint density at radius 1 is 1.19 bits per heavy atom. The predicted molar refractivity (Wildman–Crippen MR) is 130 cm³/mol. The van der Waals surface area contributed by atoms with Gasteiger partial charge in [0.15, 0.2) is 6.10 Å². The van der Waals surface area contributed by atoms with Gasteiger partial charge in [-0.2, -0.15) is 0 Å². The Hall–Kier alpha value is -4.27. The molecule has 2 atom stereocenters. The van der Waals surface area contributed by atoms with Crippen molar-refractivity contribution in [1.82, 2.24) is 10.3 Å². The van der Waals surface area contributed by atoms with E-state index in [1.54, 1.807) is 25.3 Å². The summed E-state index contributed by atoms with van der Waals surface area (Å²) in [5, 5.41) is 25.6. The van der Waals surface area contributed by atoms with Crippen LogP contribution in [0.3, 0.4) is 0 Å². The molecule has 0 spiro atoms. The van der Waals surface area contributed by atoms with Gasteiger partial charge < -0.3 is 34.5 Å². The number of hydrogen-bond donors (Lipinski definition) is 3. The number of ether oxygens (including phenoxy) is 1. The second-order valence-corrected chi connectivity index (χ2v) is 9.15. The van der Waals surface area contributed by atoms with Gasteiger partial charge in [-0.15, -0.1) is 0 Å². The third kappa shape index (κ3) is 4.17. The summed E-state index contributed by atoms with van der Waals surface area (Å²) in [7, 11) is 0. The fourth-order valence-corrected chi connectivity index (χ4v) is 4.87. The lowest BCUT2D eigenvalue weighted by atomic mass is 10.0. The first-order valence-corrected chi connectivity index (χ1v) is 11.8. The maximum atomic E-state index is 12.8. The molecule has 186 valence electrons. The van der Waals surface area contributed by atoms with Crippen molar-refractivity contribution in [1.29, 1.82) is 0 Å². The van der Waals surface area contributed by atoms with Crippen LogP contribution in [0.5, 0.6) is 11.5 Å². The molecule has 5 rings (SSSR count). The zero-order valence-corrected chi connectivity index (χ0v) is 19.8. The van der Waals surface area contributed by atoms with Crippen molar-refractivity contribution in [2.45, 2.75) is 51.7 Å². The summed E-state index contributed by atoms with van der Waals surface area (Å²) in [6.07, 6.45) is 2.99. The molecule has 9 heteroatoms. The van der Waals surface area contributed by atoms with E-state index in [2.05, 4.69) is 10.3 Å². The van der Waals surface area contributed by atoms with E-state index in [0.29, 0.717) is 34.3 Å². The molecule has 0 bridgehead atoms. The number of benzene rings is 2. The number of fused-ring (bicyclic) bond motifs is 4. The third-order valence-corrected chi connectivity index (χ3v) is 6.79. The van der Waals surface area contributed by atoms with E-state index >= 15 is 0 Å². The highest BCUT2D eigenvalue weighted by molar-refractivity contribution is 5.89. The van der Waals surface area contributed by atoms with Crippen LogP contribution in [0.15, 0.2) is 45.7 Å². The highest BCUT2D eigenvalue weighted by Crippen LogP contribution is 2.33. The number of carboxylic acid groups (broad SMARTS) is 1. The molecule has 1 aliphatic rings. The average molecular weight is 490 g/mol. The SMILES string of the molecule is Cc1c(O[C@@H](C)C(=O)N[C@@H](Cc2c[nH]c3ccc(O)cc23)C(=O)[O-])ccc2c3c(c(=O)oc12)CCC3. The Balaban J connectivity index is 1.33. The first-order valence-electron chi connectivity index (χ1n) is 11.8. The van der Waals surface area contributed by atoms with Crippen molar-refractivity contribution in [2.75, 3.05) is 0 Å². The monoisotopic (exact) mass is 489 g/mol. The number of phenolic OH excluding ortho intramolecular Hbond substituents is 1. The van der Waals surface area contributed by atoms with Crippen LogP contribution in [0.4, 0.5) is 0 Å². The molecule has 2 aromatic carbocycles. The van der Waals surface area contributed by atoms with Gasteiger partial charge in [-0.3, -0.25) is 4.79 Å². The highest BCUT2D eigenvalue weighted by atomic mass is 16.5. The number of aromatic amines is 1. The van der Waals surface area contributed by atoms with Crippen LogP contribution >= 0.6 is 0 Å². The highest BCUT2D eigenvalue weighted by Gasteiger charge is 2.24. The van der Waals surface area contributed by atoms with Crippen LogP contribution in [-0.4, -0.2) is 34.1 Å². The molecule has 0 saturated carbocycles. The smallest absolute Gasteiger partial charge is 0.339 e. The van der Waals surface area contributed by atoms with Crippen LogP contribution in [0, 0.1) is 6.92 Å². The van der Waals surface area contributed by atoms with Crippen molar-refractivity contribution in [3.8, 4) is 11.5 Å². The molecular weight excluding hydrogens is 464 g/mol. The molecule has 4 aromatic rings. The van der Waals surface area contributed by atoms with Gasteiger partial charge in [-0.25, -0.2) is 4.79 Å². The maximum absolute atomic E-state index is 12.8. The molecule has 0 radical (unpaired) electrons. The number of carbonyl (C=O) groups excluding carboxylic acids is 2. The third-order valence-electron chi connectivity index (χ3n) is 6.79. The summed E-state index contributed by atoms with van der Waals surface area (Å²) >= 11 is 0. The van der Waals surface area contributed by atoms with Crippen molar-refractivity contribution in [2.24, 2.45) is 0 Å². The fourth-order valence-electron chi connectivity index (χ4n) is 4.87. The normalized spacial score (nSPS) is 14.5. The van der Waals surface area contributed by atoms with Crippen LogP contribution in [-0.2, 0) is 28.9 Å². The minimum atomic E-state index is -1.44. The second-order valence-electron chi connectivity index (χ2n) is 9.15. The number of aromatic nitrogens is 1. The van der Waals surface area contributed by atoms with Crippen LogP contribution < -0.4 is 20.8 Å². The Morgan fingerprint density at radius 2 is 1.97 bits per heavy atom. The lowest BCUT2D eigenvalue weighted by Crippen LogP contribution is -2.52. The van der Waals surface area contributed by atoms with Crippen molar-refractivity contribution >= 4 is 33.7 Å². The first-order chi connectivity index (χ1) is 17.2. The van der Waals surface area contributed by atoms with Crippen molar-refractivity contribution in [3.63, 3.8) is 0 Å². The van der Waals surface area contributed by atoms with Crippen molar-refractivity contribution < 1.29 is 29.0 Å². The molecule has 0 unspecified atom stereocenters. The number of carbonyl (C=O) groups is 2. The molecule has 0 fully saturated rings. The van der Waals surface area contributed by atoms with Gasteiger partial charge in [0.05, 0.1) is 12.0 Å². The number of phenols is 1. The van der Waals surface area contributed by atoms with Crippen LogP contribution in [0.2, 0.25) is 0 Å². The van der Waals surface area contributed by atoms with E-state index in [1.807, 2.05) is 6.07 Å². The summed E-state index contributed by atoms with van der Waals surface area (Å²) in [6.45, 7) is 3.26. The van der Waals surface area contributed by atoms with Gasteiger partial charge in [-0.1, -0.05) is 0 Å². The van der Waals surface area contributed by atoms with Gasteiger partial charge in [0.1, 0.15) is 17.1 Å². The lowest BCUT2D eigenvalue weighted by molar-refractivity contribution is -0.308. The minimum absolute atomic E-state index is 0.0461. The molecule has 0 aliphatic heterocycles. The summed E-state index contributed by atoms with van der Waals surface area (Å²) in [6, 6.07) is 6.96. The number of rotatable bonds is 7. The lowest BCUT2D eigenvalue weighted by Gasteiger charge is -2.23. The molecule has 2 aromatic heterocycles. The second kappa shape index (κ2) is 9.07. The molecule has 3 N–H and O–H groups in total. The number of amides is 1. The van der Waals surface area contributed by atoms with Gasteiger partial charge >= 0.3 is 5.63 Å². The van der Waals surface area contributed by atoms with E-state index in [1.165, 1.54) is 19.1 Å². The molecule has 36 heavy (non-hydrogen) atoms. The number of nitrogens with one attached hydrogen (secondary N) is 2. The zero-order valence-electron chi connectivity index (χ0n) is 19.8. The quantitative estimate of drug-likeness (QED) is 0.337. The van der Waals surface area contributed by atoms with Gasteiger partial charge in [0.25, 0.3) is 5.91 Å². The number of aromatic hydroxyl groups is 1. The van der Waals surface area contributed by atoms with E-state index in [-0.39, 0.29) is 17.8 Å². The summed E-state index contributed by atoms with van der Waals surface area (Å²) in [5.74, 6) is -1.67. The number of aliphatic carboxylic acids is 1. The Kier molecular flexibility index (Phi) is 5.91. The molecule has 0 saturated heterocycles. The van der Waals surface area contributed by atoms with Crippen LogP contribution in [0.1, 0.15) is 35.6 Å². The Morgan fingerprint density at radius 3 is 2.75 bits per heavy atom. The first kappa shape index (κ1) is 23.5. The number of hydrogen-bond acceptors (Lipinski definition) is 7. The molecular formula is C27H25N2O7-. The standard InChI is InChI=1S/C27H26N2O7/c1-13-23(9-7-18-17-4-3-5-19(17)27(34)36-24(13)18)35-14(2)25(31)29-22(26(32)33)10-15-12-28-21-8-6-16(30)11-20(15)21/h6-9,11-12,14,22,28,30H,3-5,10H2,1-2H3,(H,29,31)(H,32,33)/p-1/t14-,22-/m0/s1. The Bertz CT molecular complexity index is 1570. The number of aryl methyl sites for hydroxylation is 2. The summed E-state index contributed by atoms with van der Waals surface area (Å²) < 4.78 is 11.4. The fraction of sp³-hybridized carbons (Fsp3) is 0.296. The minimum Gasteiger partial charge on any atom is -0.548 e. The van der Waals surface area contributed by atoms with E-state index in [9.17, 15) is 24.6 Å². The molecule has 1 amide bonds. The Labute approximate surface area is 205 Å². The molecule has 1 aliphatic carbocycles. The average Bonchev–Trinajstić information content (AvgIpc) is 3.49. The van der Waals surface area contributed by atoms with Gasteiger partial charge in [0.2, 0.25) is 0 Å². The van der Waals surface area contributed by atoms with Gasteiger partial charge in [0, 0.05) is 40.0 Å². The number of carboxylic acids is 1. The van der Waals surface area contributed by atoms with E-state index < -0.39 is 24.0 Å². The summed E-state index contributed by atoms with van der Waals surface area (Å²) in [5.41, 5.74) is 3.74. The predicted octanol–water partition coefficient (Wildman–Crippen LogP) is 2.02. The topological polar surface area (TPSA) is 145 Å². The van der Waals surface area contributed by atoms with E-state index in [4.69, 9.17) is 9.15 Å². The maximum Gasteiger partial charge on any atom is 0.339 e. The molecule has 2 heterocycles.